The Morgan fingerprint density at radius 1 is 1.38 bits per heavy atom. The van der Waals surface area contributed by atoms with Crippen molar-refractivity contribution in [1.82, 2.24) is 5.32 Å². The van der Waals surface area contributed by atoms with E-state index in [9.17, 15) is 9.59 Å². The first-order valence-electron chi connectivity index (χ1n) is 5.54. The van der Waals surface area contributed by atoms with Crippen molar-refractivity contribution < 1.29 is 14.3 Å². The Kier molecular flexibility index (Phi) is 3.91. The minimum absolute atomic E-state index is 0.0894. The van der Waals surface area contributed by atoms with Crippen LogP contribution >= 0.6 is 0 Å². The van der Waals surface area contributed by atoms with Crippen molar-refractivity contribution in [2.45, 2.75) is 44.7 Å². The summed E-state index contributed by atoms with van der Waals surface area (Å²) in [4.78, 5) is 23.3. The number of ether oxygens (including phenoxy) is 1. The molecule has 0 saturated heterocycles. The number of carbonyl (C=O) groups excluding carboxylic acids is 2. The van der Waals surface area contributed by atoms with Gasteiger partial charge < -0.3 is 15.8 Å². The van der Waals surface area contributed by atoms with E-state index in [4.69, 9.17) is 5.73 Å². The van der Waals surface area contributed by atoms with E-state index >= 15 is 0 Å². The van der Waals surface area contributed by atoms with E-state index in [1.54, 1.807) is 13.8 Å². The fraction of sp³-hybridized carbons (Fsp3) is 0.818. The van der Waals surface area contributed by atoms with Gasteiger partial charge >= 0.3 is 5.97 Å². The molecule has 0 bridgehead atoms. The second kappa shape index (κ2) is 4.82. The van der Waals surface area contributed by atoms with Crippen LogP contribution in [0.3, 0.4) is 0 Å². The summed E-state index contributed by atoms with van der Waals surface area (Å²) < 4.78 is 4.62. The van der Waals surface area contributed by atoms with Crippen molar-refractivity contribution in [2.24, 2.45) is 11.7 Å². The number of amides is 1. The first-order valence-corrected chi connectivity index (χ1v) is 5.54. The summed E-state index contributed by atoms with van der Waals surface area (Å²) >= 11 is 0. The lowest BCUT2D eigenvalue weighted by atomic mass is 9.99. The van der Waals surface area contributed by atoms with Crippen molar-refractivity contribution >= 4 is 11.9 Å². The minimum Gasteiger partial charge on any atom is -0.467 e. The van der Waals surface area contributed by atoms with Crippen LogP contribution in [0.5, 0.6) is 0 Å². The molecule has 1 aliphatic carbocycles. The Bertz CT molecular complexity index is 289. The Balaban J connectivity index is 2.60. The van der Waals surface area contributed by atoms with Gasteiger partial charge in [-0.1, -0.05) is 6.42 Å². The zero-order valence-electron chi connectivity index (χ0n) is 10.1. The van der Waals surface area contributed by atoms with E-state index in [0.717, 1.165) is 19.3 Å². The van der Waals surface area contributed by atoms with Crippen molar-refractivity contribution in [1.29, 1.82) is 0 Å². The number of nitrogens with two attached hydrogens (primary N) is 1. The van der Waals surface area contributed by atoms with Gasteiger partial charge in [0.15, 0.2) is 0 Å². The van der Waals surface area contributed by atoms with Crippen molar-refractivity contribution in [3.05, 3.63) is 0 Å². The maximum absolute atomic E-state index is 11.9. The quantitative estimate of drug-likeness (QED) is 0.675. The molecule has 2 unspecified atom stereocenters. The highest BCUT2D eigenvalue weighted by atomic mass is 16.5. The van der Waals surface area contributed by atoms with Gasteiger partial charge in [-0.3, -0.25) is 4.79 Å². The Morgan fingerprint density at radius 2 is 2.00 bits per heavy atom. The molecule has 1 saturated carbocycles. The third-order valence-corrected chi connectivity index (χ3v) is 3.04. The highest BCUT2D eigenvalue weighted by Crippen LogP contribution is 2.24. The molecule has 0 aromatic heterocycles. The fourth-order valence-electron chi connectivity index (χ4n) is 2.02. The van der Waals surface area contributed by atoms with Crippen LogP contribution in [0.15, 0.2) is 0 Å². The predicted octanol–water partition coefficient (Wildman–Crippen LogP) is 0.182. The molecule has 1 rings (SSSR count). The van der Waals surface area contributed by atoms with Gasteiger partial charge in [-0.2, -0.15) is 0 Å². The average Bonchev–Trinajstić information content (AvgIpc) is 2.62. The number of hydrogen-bond acceptors (Lipinski definition) is 4. The number of carbonyl (C=O) groups is 2. The number of esters is 1. The van der Waals surface area contributed by atoms with Gasteiger partial charge in [-0.25, -0.2) is 4.79 Å². The maximum Gasteiger partial charge on any atom is 0.330 e. The van der Waals surface area contributed by atoms with Crippen molar-refractivity contribution in [2.75, 3.05) is 7.11 Å². The molecule has 0 heterocycles. The summed E-state index contributed by atoms with van der Waals surface area (Å²) in [6.07, 6.45) is 2.64. The van der Waals surface area contributed by atoms with Crippen LogP contribution < -0.4 is 11.1 Å². The third kappa shape index (κ3) is 2.72. The van der Waals surface area contributed by atoms with E-state index in [0.29, 0.717) is 0 Å². The molecule has 16 heavy (non-hydrogen) atoms. The molecule has 5 nitrogen and oxygen atoms in total. The molecule has 1 fully saturated rings. The molecular formula is C11H20N2O3. The van der Waals surface area contributed by atoms with Gasteiger partial charge in [-0.05, 0) is 26.7 Å². The molecule has 1 amide bonds. The lowest BCUT2D eigenvalue weighted by Gasteiger charge is -2.26. The van der Waals surface area contributed by atoms with Gasteiger partial charge in [0.2, 0.25) is 5.91 Å². The fourth-order valence-corrected chi connectivity index (χ4v) is 2.02. The Labute approximate surface area is 95.7 Å². The number of hydrogen-bond donors (Lipinski definition) is 2. The lowest BCUT2D eigenvalue weighted by molar-refractivity contribution is -0.150. The second-order valence-corrected chi connectivity index (χ2v) is 4.81. The van der Waals surface area contributed by atoms with E-state index < -0.39 is 11.5 Å². The van der Waals surface area contributed by atoms with Crippen molar-refractivity contribution in [3.63, 3.8) is 0 Å². The van der Waals surface area contributed by atoms with E-state index in [1.165, 1.54) is 7.11 Å². The normalized spacial score (nSPS) is 25.2. The molecule has 0 aromatic carbocycles. The lowest BCUT2D eigenvalue weighted by Crippen LogP contribution is -2.53. The second-order valence-electron chi connectivity index (χ2n) is 4.81. The number of nitrogens with one attached hydrogen (secondary N) is 1. The van der Waals surface area contributed by atoms with Gasteiger partial charge in [0.25, 0.3) is 0 Å². The smallest absolute Gasteiger partial charge is 0.330 e. The predicted molar refractivity (Wildman–Crippen MR) is 59.6 cm³/mol. The highest BCUT2D eigenvalue weighted by molar-refractivity contribution is 5.88. The molecule has 0 spiro atoms. The molecular weight excluding hydrogens is 208 g/mol. The van der Waals surface area contributed by atoms with E-state index in [-0.39, 0.29) is 17.9 Å². The van der Waals surface area contributed by atoms with Gasteiger partial charge in [0.05, 0.1) is 13.0 Å². The summed E-state index contributed by atoms with van der Waals surface area (Å²) in [5, 5.41) is 2.69. The standard InChI is InChI=1S/C11H20N2O3/c1-11(2,10(15)16-3)13-9(14)7-5-4-6-8(7)12/h7-8H,4-6,12H2,1-3H3,(H,13,14). The molecule has 0 radical (unpaired) electrons. The summed E-state index contributed by atoms with van der Waals surface area (Å²) in [5.74, 6) is -0.781. The maximum atomic E-state index is 11.9. The first-order chi connectivity index (χ1) is 7.38. The number of methoxy groups -OCH3 is 1. The van der Waals surface area contributed by atoms with E-state index in [1.807, 2.05) is 0 Å². The molecule has 0 aromatic rings. The SMILES string of the molecule is COC(=O)C(C)(C)NC(=O)C1CCCC1N. The van der Waals surface area contributed by atoms with Crippen LogP contribution in [0.1, 0.15) is 33.1 Å². The van der Waals surface area contributed by atoms with Gasteiger partial charge in [-0.15, -0.1) is 0 Å². The molecule has 0 aliphatic heterocycles. The van der Waals surface area contributed by atoms with Crippen molar-refractivity contribution in [3.8, 4) is 0 Å². The largest absolute Gasteiger partial charge is 0.467 e. The molecule has 92 valence electrons. The minimum atomic E-state index is -0.992. The molecule has 3 N–H and O–H groups in total. The molecule has 1 aliphatic rings. The summed E-state index contributed by atoms with van der Waals surface area (Å²) in [7, 11) is 1.30. The van der Waals surface area contributed by atoms with Crippen LogP contribution in [-0.4, -0.2) is 30.6 Å². The molecule has 2 atom stereocenters. The zero-order chi connectivity index (χ0) is 12.3. The number of rotatable bonds is 3. The van der Waals surface area contributed by atoms with Crippen LogP contribution in [0, 0.1) is 5.92 Å². The highest BCUT2D eigenvalue weighted by Gasteiger charge is 2.36. The van der Waals surface area contributed by atoms with Crippen LogP contribution in [0.2, 0.25) is 0 Å². The Morgan fingerprint density at radius 3 is 2.44 bits per heavy atom. The average molecular weight is 228 g/mol. The Hall–Kier alpha value is -1.10. The van der Waals surface area contributed by atoms with Gasteiger partial charge in [0.1, 0.15) is 5.54 Å². The van der Waals surface area contributed by atoms with Gasteiger partial charge in [0, 0.05) is 6.04 Å². The summed E-state index contributed by atoms with van der Waals surface area (Å²) in [5.41, 5.74) is 4.84. The third-order valence-electron chi connectivity index (χ3n) is 3.04. The van der Waals surface area contributed by atoms with Crippen LogP contribution in [0.4, 0.5) is 0 Å². The monoisotopic (exact) mass is 228 g/mol. The topological polar surface area (TPSA) is 81.4 Å². The van der Waals surface area contributed by atoms with Crippen LogP contribution in [-0.2, 0) is 14.3 Å². The zero-order valence-corrected chi connectivity index (χ0v) is 10.1. The first kappa shape index (κ1) is 13.0. The summed E-state index contributed by atoms with van der Waals surface area (Å²) in [6, 6.07) is -0.0894. The summed E-state index contributed by atoms with van der Waals surface area (Å²) in [6.45, 7) is 3.24. The van der Waals surface area contributed by atoms with Crippen LogP contribution in [0.25, 0.3) is 0 Å². The molecule has 5 heteroatoms. The van der Waals surface area contributed by atoms with E-state index in [2.05, 4.69) is 10.1 Å².